The highest BCUT2D eigenvalue weighted by Crippen LogP contribution is 3.05. The predicted octanol–water partition coefficient (Wildman–Crippen LogP) is 1.14. The summed E-state index contributed by atoms with van der Waals surface area (Å²) in [7, 11) is 0. The first kappa shape index (κ1) is 6.14. The zero-order chi connectivity index (χ0) is 8.57. The largest absolute Gasteiger partial charge is 0.365 e. The Bertz CT molecular complexity index is 359. The van der Waals surface area contributed by atoms with Gasteiger partial charge < -0.3 is 4.74 Å². The Morgan fingerprint density at radius 2 is 2.08 bits per heavy atom. The van der Waals surface area contributed by atoms with Gasteiger partial charge in [-0.1, -0.05) is 13.8 Å². The molecule has 1 saturated heterocycles. The smallest absolute Gasteiger partial charge is 0.151 e. The maximum absolute atomic E-state index is 11.6. The van der Waals surface area contributed by atoms with E-state index in [1.165, 1.54) is 0 Å². The lowest BCUT2D eigenvalue weighted by Crippen LogP contribution is -2.34. The van der Waals surface area contributed by atoms with Crippen LogP contribution in [0.4, 0.5) is 0 Å². The minimum absolute atomic E-state index is 0.0301. The minimum Gasteiger partial charge on any atom is -0.365 e. The highest BCUT2D eigenvalue weighted by molar-refractivity contribution is 6.22. The number of hydrogen-bond acceptors (Lipinski definition) is 2. The Kier molecular flexibility index (Phi) is 0.504. The highest BCUT2D eigenvalue weighted by atomic mass is 16.6. The SMILES string of the molecule is CC12OC1CC13C(=O)C21C3(C)C. The summed E-state index contributed by atoms with van der Waals surface area (Å²) < 4.78 is 5.62. The number of carbonyl (C=O) groups is 1. The Labute approximate surface area is 71.3 Å². The zero-order valence-corrected chi connectivity index (χ0v) is 7.60. The lowest BCUT2D eigenvalue weighted by atomic mass is 9.75. The van der Waals surface area contributed by atoms with E-state index in [1.54, 1.807) is 0 Å². The number of ketones is 1. The van der Waals surface area contributed by atoms with Gasteiger partial charge in [0.2, 0.25) is 0 Å². The van der Waals surface area contributed by atoms with Crippen LogP contribution in [0.2, 0.25) is 0 Å². The van der Waals surface area contributed by atoms with Crippen molar-refractivity contribution in [3.63, 3.8) is 0 Å². The number of hydrogen-bond donors (Lipinski definition) is 0. The van der Waals surface area contributed by atoms with Crippen LogP contribution < -0.4 is 0 Å². The molecule has 2 heteroatoms. The molecular formula is C10H12O2. The van der Waals surface area contributed by atoms with E-state index in [4.69, 9.17) is 4.74 Å². The molecule has 0 bridgehead atoms. The molecule has 0 aromatic rings. The van der Waals surface area contributed by atoms with Crippen molar-refractivity contribution in [2.75, 3.05) is 0 Å². The summed E-state index contributed by atoms with van der Waals surface area (Å²) in [5.74, 6) is 0.497. The molecule has 1 aliphatic heterocycles. The molecule has 4 atom stereocenters. The molecule has 4 aliphatic rings. The quantitative estimate of drug-likeness (QED) is 0.502. The molecule has 0 aromatic carbocycles. The molecule has 3 saturated carbocycles. The topological polar surface area (TPSA) is 29.6 Å². The lowest BCUT2D eigenvalue weighted by molar-refractivity contribution is -0.123. The van der Waals surface area contributed by atoms with Crippen molar-refractivity contribution in [3.8, 4) is 0 Å². The highest BCUT2D eigenvalue weighted by Gasteiger charge is 3.14. The Hall–Kier alpha value is -0.370. The van der Waals surface area contributed by atoms with Crippen LogP contribution in [0.25, 0.3) is 0 Å². The van der Waals surface area contributed by atoms with Crippen molar-refractivity contribution in [1.29, 1.82) is 0 Å². The monoisotopic (exact) mass is 164 g/mol. The molecule has 0 N–H and O–H groups in total. The Morgan fingerprint density at radius 1 is 1.42 bits per heavy atom. The predicted molar refractivity (Wildman–Crippen MR) is 41.5 cm³/mol. The third-order valence-electron chi connectivity index (χ3n) is 5.43. The van der Waals surface area contributed by atoms with Gasteiger partial charge in [0, 0.05) is 0 Å². The summed E-state index contributed by atoms with van der Waals surface area (Å²) in [5, 5.41) is 0. The lowest BCUT2D eigenvalue weighted by Gasteiger charge is -2.24. The average Bonchev–Trinajstić information content (AvgIpc) is 2.81. The van der Waals surface area contributed by atoms with Crippen molar-refractivity contribution in [2.45, 2.75) is 38.9 Å². The fourth-order valence-electron chi connectivity index (χ4n) is 4.77. The molecule has 3 aliphatic carbocycles. The van der Waals surface area contributed by atoms with Crippen LogP contribution in [0.5, 0.6) is 0 Å². The molecule has 4 fully saturated rings. The van der Waals surface area contributed by atoms with Gasteiger partial charge >= 0.3 is 0 Å². The molecule has 0 spiro atoms. The fourth-order valence-corrected chi connectivity index (χ4v) is 4.77. The first-order valence-corrected chi connectivity index (χ1v) is 4.69. The van der Waals surface area contributed by atoms with Crippen molar-refractivity contribution in [1.82, 2.24) is 0 Å². The zero-order valence-electron chi connectivity index (χ0n) is 7.60. The van der Waals surface area contributed by atoms with Gasteiger partial charge in [-0.25, -0.2) is 0 Å². The Morgan fingerprint density at radius 3 is 2.42 bits per heavy atom. The second-order valence-corrected chi connectivity index (χ2v) is 5.53. The van der Waals surface area contributed by atoms with Gasteiger partial charge in [-0.2, -0.15) is 0 Å². The van der Waals surface area contributed by atoms with Crippen molar-refractivity contribution >= 4 is 5.78 Å². The number of ether oxygens (including phenoxy) is 1. The summed E-state index contributed by atoms with van der Waals surface area (Å²) in [6, 6.07) is 0. The number of fused-ring (bicyclic) bond motifs is 1. The van der Waals surface area contributed by atoms with E-state index in [9.17, 15) is 4.79 Å². The van der Waals surface area contributed by atoms with E-state index >= 15 is 0 Å². The van der Waals surface area contributed by atoms with Gasteiger partial charge in [0.25, 0.3) is 0 Å². The molecule has 12 heavy (non-hydrogen) atoms. The first-order chi connectivity index (χ1) is 5.47. The minimum atomic E-state index is -0.0480. The Balaban J connectivity index is 2.00. The van der Waals surface area contributed by atoms with Gasteiger partial charge in [0.05, 0.1) is 16.9 Å². The van der Waals surface area contributed by atoms with Crippen LogP contribution in [0.1, 0.15) is 27.2 Å². The van der Waals surface area contributed by atoms with Gasteiger partial charge in [0.1, 0.15) is 5.60 Å². The van der Waals surface area contributed by atoms with Gasteiger partial charge in [-0.3, -0.25) is 4.79 Å². The van der Waals surface area contributed by atoms with Gasteiger partial charge in [-0.15, -0.1) is 0 Å². The third kappa shape index (κ3) is 0.216. The summed E-state index contributed by atoms with van der Waals surface area (Å²) in [6.07, 6.45) is 1.43. The van der Waals surface area contributed by atoms with Crippen LogP contribution in [0, 0.1) is 16.2 Å². The molecule has 1 heterocycles. The molecule has 64 valence electrons. The number of epoxide rings is 1. The summed E-state index contributed by atoms with van der Waals surface area (Å²) in [5.41, 5.74) is 0.252. The van der Waals surface area contributed by atoms with E-state index < -0.39 is 0 Å². The summed E-state index contributed by atoms with van der Waals surface area (Å²) in [4.78, 5) is 11.6. The maximum Gasteiger partial charge on any atom is 0.151 e. The number of Topliss-reactive ketones (excluding diaryl/α,β-unsaturated/α-hetero) is 1. The normalized spacial score (nSPS) is 72.9. The average molecular weight is 164 g/mol. The fraction of sp³-hybridized carbons (Fsp3) is 0.900. The van der Waals surface area contributed by atoms with Crippen LogP contribution in [-0.2, 0) is 9.53 Å². The van der Waals surface area contributed by atoms with E-state index in [-0.39, 0.29) is 21.8 Å². The summed E-state index contributed by atoms with van der Waals surface area (Å²) in [6.45, 7) is 6.56. The van der Waals surface area contributed by atoms with Crippen molar-refractivity contribution in [3.05, 3.63) is 0 Å². The van der Waals surface area contributed by atoms with Gasteiger partial charge in [0.15, 0.2) is 5.78 Å². The van der Waals surface area contributed by atoms with E-state index in [0.717, 1.165) is 6.42 Å². The van der Waals surface area contributed by atoms with E-state index in [2.05, 4.69) is 20.8 Å². The van der Waals surface area contributed by atoms with E-state index in [1.807, 2.05) is 0 Å². The molecule has 0 aromatic heterocycles. The molecule has 0 amide bonds. The molecule has 0 radical (unpaired) electrons. The van der Waals surface area contributed by atoms with Gasteiger partial charge in [-0.05, 0) is 18.8 Å². The van der Waals surface area contributed by atoms with Crippen LogP contribution in [0.15, 0.2) is 0 Å². The second-order valence-electron chi connectivity index (χ2n) is 5.53. The van der Waals surface area contributed by atoms with Crippen molar-refractivity contribution < 1.29 is 9.53 Å². The standard InChI is InChI=1S/C10H12O2/c1-7(2)9-4-5-8(3,12-5)10(7,9)6(9)11/h5H,4H2,1-3H3. The second kappa shape index (κ2) is 0.985. The third-order valence-corrected chi connectivity index (χ3v) is 5.43. The van der Waals surface area contributed by atoms with E-state index in [0.29, 0.717) is 11.9 Å². The first-order valence-electron chi connectivity index (χ1n) is 4.69. The van der Waals surface area contributed by atoms with Crippen LogP contribution in [-0.4, -0.2) is 17.5 Å². The van der Waals surface area contributed by atoms with Crippen molar-refractivity contribution in [2.24, 2.45) is 16.2 Å². The molecule has 4 unspecified atom stereocenters. The molecule has 2 nitrogen and oxygen atoms in total. The van der Waals surface area contributed by atoms with Crippen LogP contribution in [0.3, 0.4) is 0 Å². The number of carbonyl (C=O) groups excluding carboxylic acids is 1. The molecule has 4 rings (SSSR count). The maximum atomic E-state index is 11.6. The molecular weight excluding hydrogens is 152 g/mol. The van der Waals surface area contributed by atoms with Crippen LogP contribution >= 0.6 is 0 Å². The number of rotatable bonds is 0. The summed E-state index contributed by atoms with van der Waals surface area (Å²) >= 11 is 0.